The molecular weight excluding hydrogens is 262 g/mol. The first-order chi connectivity index (χ1) is 7.61. The number of nitrogens with two attached hydrogens (primary N) is 1. The fraction of sp³-hybridized carbons (Fsp3) is 0.100. The van der Waals surface area contributed by atoms with E-state index in [1.807, 2.05) is 0 Å². The molecule has 17 heavy (non-hydrogen) atoms. The second-order valence-corrected chi connectivity index (χ2v) is 4.21. The van der Waals surface area contributed by atoms with Gasteiger partial charge in [0.05, 0.1) is 17.0 Å². The van der Waals surface area contributed by atoms with Crippen LogP contribution in [-0.4, -0.2) is 27.8 Å². The summed E-state index contributed by atoms with van der Waals surface area (Å²) in [7, 11) is 0. The van der Waals surface area contributed by atoms with Crippen molar-refractivity contribution in [3.8, 4) is 0 Å². The van der Waals surface area contributed by atoms with E-state index < -0.39 is 0 Å². The number of carbonyl (C=O) groups is 2. The Balaban J connectivity index is 0.00000144. The molecule has 0 saturated carbocycles. The second-order valence-electron chi connectivity index (χ2n) is 3.22. The van der Waals surface area contributed by atoms with Crippen molar-refractivity contribution in [2.75, 3.05) is 5.88 Å². The molecule has 5 nitrogen and oxygen atoms in total. The zero-order chi connectivity index (χ0) is 11.7. The zero-order valence-corrected chi connectivity index (χ0v) is 10.3. The van der Waals surface area contributed by atoms with E-state index in [9.17, 15) is 9.59 Å². The van der Waals surface area contributed by atoms with E-state index in [2.05, 4.69) is 0 Å². The number of imide groups is 1. The summed E-state index contributed by atoms with van der Waals surface area (Å²) in [6.45, 7) is 0. The number of halogens is 1. The van der Waals surface area contributed by atoms with Gasteiger partial charge in [-0.25, -0.2) is 0 Å². The first-order valence-corrected chi connectivity index (χ1v) is 5.52. The Morgan fingerprint density at radius 2 is 1.71 bits per heavy atom. The predicted octanol–water partition coefficient (Wildman–Crippen LogP) is 1.29. The lowest BCUT2D eigenvalue weighted by molar-refractivity contribution is 0.0684. The van der Waals surface area contributed by atoms with Gasteiger partial charge in [0.25, 0.3) is 11.8 Å². The highest BCUT2D eigenvalue weighted by Crippen LogP contribution is 2.23. The van der Waals surface area contributed by atoms with Crippen LogP contribution in [0.2, 0.25) is 0 Å². The SMILES string of the molecule is Cl.N=C(N)SCN1C(=O)c2ccccc2C1=O. The van der Waals surface area contributed by atoms with E-state index in [0.29, 0.717) is 11.1 Å². The molecule has 0 fully saturated rings. The molecule has 1 aromatic rings. The minimum atomic E-state index is -0.325. The minimum absolute atomic E-state index is 0. The predicted molar refractivity (Wildman–Crippen MR) is 68.6 cm³/mol. The molecule has 1 aliphatic rings. The average Bonchev–Trinajstić information content (AvgIpc) is 2.50. The van der Waals surface area contributed by atoms with Crippen LogP contribution in [-0.2, 0) is 0 Å². The van der Waals surface area contributed by atoms with Gasteiger partial charge >= 0.3 is 0 Å². The summed E-state index contributed by atoms with van der Waals surface area (Å²) in [6.07, 6.45) is 0. The third-order valence-electron chi connectivity index (χ3n) is 2.23. The third-order valence-corrected chi connectivity index (χ3v) is 2.93. The van der Waals surface area contributed by atoms with Crippen LogP contribution in [0.15, 0.2) is 24.3 Å². The van der Waals surface area contributed by atoms with Crippen LogP contribution in [0.5, 0.6) is 0 Å². The van der Waals surface area contributed by atoms with Crippen molar-refractivity contribution in [3.05, 3.63) is 35.4 Å². The van der Waals surface area contributed by atoms with Gasteiger partial charge in [-0.2, -0.15) is 0 Å². The molecule has 0 saturated heterocycles. The molecular formula is C10H10ClN3O2S. The van der Waals surface area contributed by atoms with Crippen LogP contribution in [0.25, 0.3) is 0 Å². The summed E-state index contributed by atoms with van der Waals surface area (Å²) in [6, 6.07) is 6.67. The number of fused-ring (bicyclic) bond motifs is 1. The van der Waals surface area contributed by atoms with Crippen molar-refractivity contribution in [1.29, 1.82) is 5.41 Å². The molecule has 2 rings (SSSR count). The lowest BCUT2D eigenvalue weighted by Gasteiger charge is -2.11. The van der Waals surface area contributed by atoms with Gasteiger partial charge in [-0.1, -0.05) is 23.9 Å². The number of nitrogens with zero attached hydrogens (tertiary/aromatic N) is 1. The van der Waals surface area contributed by atoms with Crippen molar-refractivity contribution < 1.29 is 9.59 Å². The highest BCUT2D eigenvalue weighted by molar-refractivity contribution is 8.13. The summed E-state index contributed by atoms with van der Waals surface area (Å²) in [5.41, 5.74) is 5.99. The van der Waals surface area contributed by atoms with Crippen LogP contribution in [0, 0.1) is 5.41 Å². The molecule has 1 aromatic carbocycles. The number of thioether (sulfide) groups is 1. The van der Waals surface area contributed by atoms with Crippen molar-refractivity contribution >= 4 is 41.2 Å². The second kappa shape index (κ2) is 5.20. The van der Waals surface area contributed by atoms with Gasteiger partial charge < -0.3 is 5.73 Å². The Morgan fingerprint density at radius 1 is 1.24 bits per heavy atom. The number of amides is 2. The average molecular weight is 272 g/mol. The van der Waals surface area contributed by atoms with Crippen LogP contribution in [0.4, 0.5) is 0 Å². The first-order valence-electron chi connectivity index (χ1n) is 4.53. The van der Waals surface area contributed by atoms with E-state index >= 15 is 0 Å². The Bertz CT molecular complexity index is 457. The summed E-state index contributed by atoms with van der Waals surface area (Å²) < 4.78 is 0. The third kappa shape index (κ3) is 2.42. The molecule has 90 valence electrons. The number of rotatable bonds is 2. The summed E-state index contributed by atoms with van der Waals surface area (Å²) >= 11 is 0.952. The summed E-state index contributed by atoms with van der Waals surface area (Å²) in [5.74, 6) is -0.564. The Kier molecular flexibility index (Phi) is 4.14. The minimum Gasteiger partial charge on any atom is -0.379 e. The van der Waals surface area contributed by atoms with Gasteiger partial charge in [-0.15, -0.1) is 12.4 Å². The van der Waals surface area contributed by atoms with Gasteiger partial charge in [0.1, 0.15) is 0 Å². The molecule has 0 radical (unpaired) electrons. The van der Waals surface area contributed by atoms with Crippen LogP contribution in [0.3, 0.4) is 0 Å². The molecule has 0 atom stereocenters. The quantitative estimate of drug-likeness (QED) is 0.482. The van der Waals surface area contributed by atoms with E-state index in [4.69, 9.17) is 11.1 Å². The van der Waals surface area contributed by atoms with Crippen molar-refractivity contribution in [3.63, 3.8) is 0 Å². The Hall–Kier alpha value is -1.53. The van der Waals surface area contributed by atoms with Crippen molar-refractivity contribution in [1.82, 2.24) is 4.90 Å². The number of benzene rings is 1. The monoisotopic (exact) mass is 271 g/mol. The number of hydrogen-bond acceptors (Lipinski definition) is 4. The fourth-order valence-electron chi connectivity index (χ4n) is 1.49. The van der Waals surface area contributed by atoms with Gasteiger partial charge in [0.15, 0.2) is 5.17 Å². The Labute approximate surface area is 108 Å². The topological polar surface area (TPSA) is 87.2 Å². The van der Waals surface area contributed by atoms with Gasteiger partial charge in [0, 0.05) is 0 Å². The van der Waals surface area contributed by atoms with Crippen LogP contribution < -0.4 is 5.73 Å². The van der Waals surface area contributed by atoms with E-state index in [0.717, 1.165) is 16.7 Å². The summed E-state index contributed by atoms with van der Waals surface area (Å²) in [5, 5.41) is 6.93. The normalized spacial score (nSPS) is 13.3. The molecule has 3 N–H and O–H groups in total. The highest BCUT2D eigenvalue weighted by atomic mass is 35.5. The standard InChI is InChI=1S/C10H9N3O2S.ClH/c11-10(12)16-5-13-8(14)6-3-1-2-4-7(6)9(13)15;/h1-4H,5H2,(H3,11,12);1H. The van der Waals surface area contributed by atoms with Crippen LogP contribution in [0.1, 0.15) is 20.7 Å². The lowest BCUT2D eigenvalue weighted by atomic mass is 10.1. The Morgan fingerprint density at radius 3 is 2.12 bits per heavy atom. The number of carbonyl (C=O) groups excluding carboxylic acids is 2. The fourth-order valence-corrected chi connectivity index (χ4v) is 1.99. The molecule has 1 heterocycles. The van der Waals surface area contributed by atoms with Crippen LogP contribution >= 0.6 is 24.2 Å². The largest absolute Gasteiger partial charge is 0.379 e. The molecule has 1 aliphatic heterocycles. The first kappa shape index (κ1) is 13.5. The van der Waals surface area contributed by atoms with E-state index in [1.54, 1.807) is 24.3 Å². The molecule has 0 spiro atoms. The maximum Gasteiger partial charge on any atom is 0.262 e. The molecule has 0 bridgehead atoms. The maximum atomic E-state index is 11.8. The smallest absolute Gasteiger partial charge is 0.262 e. The molecule has 7 heteroatoms. The molecule has 2 amide bonds. The summed E-state index contributed by atoms with van der Waals surface area (Å²) in [4.78, 5) is 24.7. The molecule has 0 unspecified atom stereocenters. The zero-order valence-electron chi connectivity index (χ0n) is 8.67. The highest BCUT2D eigenvalue weighted by Gasteiger charge is 2.34. The molecule has 0 aliphatic carbocycles. The van der Waals surface area contributed by atoms with Crippen molar-refractivity contribution in [2.24, 2.45) is 5.73 Å². The molecule has 0 aromatic heterocycles. The van der Waals surface area contributed by atoms with Gasteiger partial charge in [-0.3, -0.25) is 19.9 Å². The van der Waals surface area contributed by atoms with Gasteiger partial charge in [0.2, 0.25) is 0 Å². The van der Waals surface area contributed by atoms with E-state index in [1.165, 1.54) is 0 Å². The number of nitrogens with one attached hydrogen (secondary N) is 1. The maximum absolute atomic E-state index is 11.8. The number of hydrogen-bond donors (Lipinski definition) is 2. The van der Waals surface area contributed by atoms with E-state index in [-0.39, 0.29) is 35.3 Å². The number of amidine groups is 1. The van der Waals surface area contributed by atoms with Crippen molar-refractivity contribution in [2.45, 2.75) is 0 Å². The lowest BCUT2D eigenvalue weighted by Crippen LogP contribution is -2.30. The van der Waals surface area contributed by atoms with Gasteiger partial charge in [-0.05, 0) is 12.1 Å².